The second-order valence-corrected chi connectivity index (χ2v) is 2.76. The molecule has 12 heavy (non-hydrogen) atoms. The number of hydrogen-bond donors (Lipinski definition) is 3. The number of nitrogens with two attached hydrogens (primary N) is 2. The van der Waals surface area contributed by atoms with E-state index in [2.05, 4.69) is 0 Å². The summed E-state index contributed by atoms with van der Waals surface area (Å²) in [4.78, 5) is 21.0. The lowest BCUT2D eigenvalue weighted by Gasteiger charge is -2.20. The van der Waals surface area contributed by atoms with E-state index >= 15 is 0 Å². The number of carboxylic acid groups (broad SMARTS) is 1. The normalized spacial score (nSPS) is 11.2. The predicted octanol–water partition coefficient (Wildman–Crippen LogP) is -0.727. The fourth-order valence-corrected chi connectivity index (χ4v) is 0.826. The number of alkyl halides is 1. The second kappa shape index (κ2) is 4.39. The van der Waals surface area contributed by atoms with E-state index in [1.165, 1.54) is 0 Å². The number of ketones is 1. The van der Waals surface area contributed by atoms with Gasteiger partial charge in [-0.25, -0.2) is 0 Å². The molecule has 0 saturated heterocycles. The van der Waals surface area contributed by atoms with Crippen LogP contribution in [0, 0.1) is 0 Å². The van der Waals surface area contributed by atoms with Crippen molar-refractivity contribution in [2.24, 2.45) is 11.5 Å². The first-order valence-electron chi connectivity index (χ1n) is 3.29. The van der Waals surface area contributed by atoms with Crippen molar-refractivity contribution >= 4 is 23.4 Å². The Bertz CT molecular complexity index is 193. The van der Waals surface area contributed by atoms with Crippen molar-refractivity contribution < 1.29 is 14.7 Å². The Morgan fingerprint density at radius 3 is 2.25 bits per heavy atom. The zero-order valence-electron chi connectivity index (χ0n) is 6.42. The molecule has 0 bridgehead atoms. The van der Waals surface area contributed by atoms with Gasteiger partial charge in [0.2, 0.25) is 0 Å². The number of carbonyl (C=O) groups is 2. The Morgan fingerprint density at radius 2 is 1.92 bits per heavy atom. The topological polar surface area (TPSA) is 106 Å². The van der Waals surface area contributed by atoms with Crippen LogP contribution < -0.4 is 11.5 Å². The van der Waals surface area contributed by atoms with Crippen molar-refractivity contribution in [2.45, 2.75) is 18.5 Å². The first-order valence-corrected chi connectivity index (χ1v) is 3.82. The van der Waals surface area contributed by atoms with Gasteiger partial charge in [0.25, 0.3) is 0 Å². The Labute approximate surface area is 74.7 Å². The molecule has 0 fully saturated rings. The molecular weight excluding hydrogens is 184 g/mol. The monoisotopic (exact) mass is 194 g/mol. The SMILES string of the molecule is NC(N)(CCC(=O)O)C(=O)CCl. The third-order valence-electron chi connectivity index (χ3n) is 1.39. The maximum Gasteiger partial charge on any atom is 0.303 e. The molecule has 0 aromatic heterocycles. The van der Waals surface area contributed by atoms with Gasteiger partial charge in [0, 0.05) is 6.42 Å². The van der Waals surface area contributed by atoms with Crippen LogP contribution in [-0.2, 0) is 9.59 Å². The molecule has 0 saturated carbocycles. The molecule has 0 spiro atoms. The van der Waals surface area contributed by atoms with Crippen LogP contribution in [0.2, 0.25) is 0 Å². The van der Waals surface area contributed by atoms with Crippen molar-refractivity contribution in [1.82, 2.24) is 0 Å². The van der Waals surface area contributed by atoms with Gasteiger partial charge in [0.15, 0.2) is 5.78 Å². The van der Waals surface area contributed by atoms with E-state index in [0.29, 0.717) is 0 Å². The fourth-order valence-electron chi connectivity index (χ4n) is 0.578. The minimum absolute atomic E-state index is 0.103. The minimum Gasteiger partial charge on any atom is -0.481 e. The summed E-state index contributed by atoms with van der Waals surface area (Å²) in [7, 11) is 0. The molecule has 0 rings (SSSR count). The average molecular weight is 195 g/mol. The highest BCUT2D eigenvalue weighted by Gasteiger charge is 2.28. The number of halogens is 1. The van der Waals surface area contributed by atoms with Gasteiger partial charge < -0.3 is 16.6 Å². The molecule has 0 aliphatic heterocycles. The standard InChI is InChI=1S/C6H11ClN2O3/c7-3-4(10)6(8,9)2-1-5(11)12/h1-3,8-9H2,(H,11,12). The van der Waals surface area contributed by atoms with Crippen LogP contribution in [-0.4, -0.2) is 28.4 Å². The number of carbonyl (C=O) groups excluding carboxylic acids is 1. The molecule has 0 radical (unpaired) electrons. The lowest BCUT2D eigenvalue weighted by Crippen LogP contribution is -2.57. The van der Waals surface area contributed by atoms with E-state index in [1.807, 2.05) is 0 Å². The fraction of sp³-hybridized carbons (Fsp3) is 0.667. The smallest absolute Gasteiger partial charge is 0.303 e. The van der Waals surface area contributed by atoms with Gasteiger partial charge in [-0.05, 0) is 6.42 Å². The van der Waals surface area contributed by atoms with Gasteiger partial charge in [-0.3, -0.25) is 9.59 Å². The van der Waals surface area contributed by atoms with Gasteiger partial charge in [-0.1, -0.05) is 0 Å². The number of Topliss-reactive ketones (excluding diaryl/α,β-unsaturated/α-hetero) is 1. The van der Waals surface area contributed by atoms with Gasteiger partial charge in [0.05, 0.1) is 5.88 Å². The van der Waals surface area contributed by atoms with Crippen LogP contribution in [0.15, 0.2) is 0 Å². The van der Waals surface area contributed by atoms with Crippen molar-refractivity contribution in [3.8, 4) is 0 Å². The van der Waals surface area contributed by atoms with Crippen LogP contribution in [0.5, 0.6) is 0 Å². The van der Waals surface area contributed by atoms with E-state index in [1.54, 1.807) is 0 Å². The highest BCUT2D eigenvalue weighted by atomic mass is 35.5. The summed E-state index contributed by atoms with van der Waals surface area (Å²) < 4.78 is 0. The summed E-state index contributed by atoms with van der Waals surface area (Å²) >= 11 is 5.19. The van der Waals surface area contributed by atoms with E-state index in [0.717, 1.165) is 0 Å². The Kier molecular flexibility index (Phi) is 4.16. The van der Waals surface area contributed by atoms with Gasteiger partial charge in [-0.2, -0.15) is 0 Å². The van der Waals surface area contributed by atoms with Gasteiger partial charge in [0.1, 0.15) is 5.66 Å². The first-order chi connectivity index (χ1) is 5.40. The molecule has 0 unspecified atom stereocenters. The molecule has 0 aliphatic rings. The van der Waals surface area contributed by atoms with Crippen LogP contribution in [0.3, 0.4) is 0 Å². The zero-order valence-corrected chi connectivity index (χ0v) is 7.17. The van der Waals surface area contributed by atoms with E-state index in [-0.39, 0.29) is 18.7 Å². The van der Waals surface area contributed by atoms with E-state index in [4.69, 9.17) is 28.2 Å². The van der Waals surface area contributed by atoms with Crippen molar-refractivity contribution in [2.75, 3.05) is 5.88 Å². The van der Waals surface area contributed by atoms with E-state index < -0.39 is 17.4 Å². The molecule has 6 heteroatoms. The molecule has 0 aromatic rings. The minimum atomic E-state index is -1.61. The number of carboxylic acids is 1. The molecule has 0 heterocycles. The number of hydrogen-bond acceptors (Lipinski definition) is 4. The van der Waals surface area contributed by atoms with Crippen LogP contribution in [0.1, 0.15) is 12.8 Å². The molecule has 5 nitrogen and oxygen atoms in total. The molecule has 0 aliphatic carbocycles. The van der Waals surface area contributed by atoms with Gasteiger partial charge >= 0.3 is 5.97 Å². The van der Waals surface area contributed by atoms with Gasteiger partial charge in [-0.15, -0.1) is 11.6 Å². The lowest BCUT2D eigenvalue weighted by atomic mass is 10.0. The van der Waals surface area contributed by atoms with E-state index in [9.17, 15) is 9.59 Å². The molecule has 0 atom stereocenters. The van der Waals surface area contributed by atoms with Crippen molar-refractivity contribution in [1.29, 1.82) is 0 Å². The Hall–Kier alpha value is -0.650. The highest BCUT2D eigenvalue weighted by Crippen LogP contribution is 2.05. The molecule has 0 aromatic carbocycles. The summed E-state index contributed by atoms with van der Waals surface area (Å²) in [6, 6.07) is 0. The van der Waals surface area contributed by atoms with Crippen LogP contribution >= 0.6 is 11.6 Å². The molecule has 70 valence electrons. The lowest BCUT2D eigenvalue weighted by molar-refractivity contribution is -0.137. The number of rotatable bonds is 5. The molecule has 0 amide bonds. The molecular formula is C6H11ClN2O3. The maximum absolute atomic E-state index is 10.9. The summed E-state index contributed by atoms with van der Waals surface area (Å²) in [5.74, 6) is -1.89. The van der Waals surface area contributed by atoms with Crippen molar-refractivity contribution in [3.05, 3.63) is 0 Å². The summed E-state index contributed by atoms with van der Waals surface area (Å²) in [6.45, 7) is 0. The second-order valence-electron chi connectivity index (χ2n) is 2.49. The Morgan fingerprint density at radius 1 is 1.42 bits per heavy atom. The third kappa shape index (κ3) is 3.66. The number of aliphatic carboxylic acids is 1. The average Bonchev–Trinajstić information content (AvgIpc) is 1.99. The third-order valence-corrected chi connectivity index (χ3v) is 1.64. The Balaban J connectivity index is 4.03. The maximum atomic E-state index is 10.9. The summed E-state index contributed by atoms with van der Waals surface area (Å²) in [5, 5.41) is 8.28. The summed E-state index contributed by atoms with van der Waals surface area (Å²) in [5.41, 5.74) is 8.99. The first kappa shape index (κ1) is 11.4. The summed E-state index contributed by atoms with van der Waals surface area (Å²) in [6.07, 6.45) is -0.344. The van der Waals surface area contributed by atoms with Crippen LogP contribution in [0.25, 0.3) is 0 Å². The largest absolute Gasteiger partial charge is 0.481 e. The predicted molar refractivity (Wildman–Crippen MR) is 43.7 cm³/mol. The zero-order chi connectivity index (χ0) is 9.78. The molecule has 5 N–H and O–H groups in total. The quantitative estimate of drug-likeness (QED) is 0.395. The highest BCUT2D eigenvalue weighted by molar-refractivity contribution is 6.28. The van der Waals surface area contributed by atoms with Crippen LogP contribution in [0.4, 0.5) is 0 Å². The van der Waals surface area contributed by atoms with Crippen molar-refractivity contribution in [3.63, 3.8) is 0 Å².